The highest BCUT2D eigenvalue weighted by Crippen LogP contribution is 2.20. The molecule has 204 valence electrons. The molecular weight excluding hydrogens is 500 g/mol. The quantitative estimate of drug-likeness (QED) is 0.185. The first-order valence-electron chi connectivity index (χ1n) is 13.1. The molecule has 0 radical (unpaired) electrons. The van der Waals surface area contributed by atoms with Gasteiger partial charge in [-0.05, 0) is 47.7 Å². The molecule has 2 atom stereocenters. The van der Waals surface area contributed by atoms with Gasteiger partial charge in [0.15, 0.2) is 5.78 Å². The lowest BCUT2D eigenvalue weighted by Gasteiger charge is -2.25. The van der Waals surface area contributed by atoms with Gasteiger partial charge >= 0.3 is 0 Å². The summed E-state index contributed by atoms with van der Waals surface area (Å²) >= 11 is 0. The van der Waals surface area contributed by atoms with Crippen LogP contribution in [0.4, 0.5) is 8.78 Å². The predicted octanol–water partition coefficient (Wildman–Crippen LogP) is 4.85. The minimum Gasteiger partial charge on any atom is -0.390 e. The average Bonchev–Trinajstić information content (AvgIpc) is 3.35. The van der Waals surface area contributed by atoms with Crippen LogP contribution in [0.3, 0.4) is 0 Å². The topological polar surface area (TPSA) is 94.2 Å². The minimum absolute atomic E-state index is 0.0168. The van der Waals surface area contributed by atoms with E-state index in [9.17, 15) is 23.5 Å². The third-order valence-electron chi connectivity index (χ3n) is 6.74. The second kappa shape index (κ2) is 13.3. The predicted molar refractivity (Wildman–Crippen MR) is 147 cm³/mol. The van der Waals surface area contributed by atoms with Crippen LogP contribution >= 0.6 is 0 Å². The van der Waals surface area contributed by atoms with Crippen molar-refractivity contribution in [1.82, 2.24) is 15.6 Å². The summed E-state index contributed by atoms with van der Waals surface area (Å²) in [6.45, 7) is 2.74. The third-order valence-corrected chi connectivity index (χ3v) is 6.74. The van der Waals surface area contributed by atoms with E-state index in [4.69, 9.17) is 0 Å². The zero-order chi connectivity index (χ0) is 27.8. The van der Waals surface area contributed by atoms with Crippen LogP contribution in [-0.4, -0.2) is 40.5 Å². The molecule has 0 bridgehead atoms. The maximum Gasteiger partial charge on any atom is 0.220 e. The number of hydrogen-bond donors (Lipinski definition) is 4. The molecule has 0 aliphatic heterocycles. The van der Waals surface area contributed by atoms with Gasteiger partial charge in [-0.25, -0.2) is 8.78 Å². The molecule has 0 saturated carbocycles. The Kier molecular flexibility index (Phi) is 9.57. The largest absolute Gasteiger partial charge is 0.390 e. The molecule has 3 aromatic carbocycles. The molecule has 1 heterocycles. The summed E-state index contributed by atoms with van der Waals surface area (Å²) in [5, 5.41) is 17.7. The van der Waals surface area contributed by atoms with Gasteiger partial charge in [-0.1, -0.05) is 49.4 Å². The number of aromatic amines is 1. The standard InChI is InChI=1S/C31H33F2N3O3/c1-2-20-6-5-7-21(12-20)17-34-19-30(38)28(15-22-13-23(32)16-24(33)14-22)36-31(39)11-10-29(37)26-18-35-27-9-4-3-8-25(26)27/h3-9,12-14,16,18,28,30,34-35,38H,2,10-11,15,17,19H2,1H3,(H,36,39)/t28-,30-/m0/s1. The summed E-state index contributed by atoms with van der Waals surface area (Å²) in [5.74, 6) is -2.08. The number of fused-ring (bicyclic) bond motifs is 1. The van der Waals surface area contributed by atoms with Gasteiger partial charge in [-0.15, -0.1) is 0 Å². The first kappa shape index (κ1) is 28.1. The molecule has 1 aromatic heterocycles. The lowest BCUT2D eigenvalue weighted by molar-refractivity contribution is -0.122. The highest BCUT2D eigenvalue weighted by Gasteiger charge is 2.23. The van der Waals surface area contributed by atoms with E-state index in [2.05, 4.69) is 28.6 Å². The van der Waals surface area contributed by atoms with Crippen molar-refractivity contribution in [2.24, 2.45) is 0 Å². The van der Waals surface area contributed by atoms with Crippen LogP contribution in [0.15, 0.2) is 72.9 Å². The van der Waals surface area contributed by atoms with Crippen molar-refractivity contribution in [2.75, 3.05) is 6.54 Å². The molecule has 0 spiro atoms. The van der Waals surface area contributed by atoms with Crippen LogP contribution in [0.25, 0.3) is 10.9 Å². The number of amides is 1. The van der Waals surface area contributed by atoms with Crippen LogP contribution in [0, 0.1) is 11.6 Å². The van der Waals surface area contributed by atoms with Gasteiger partial charge < -0.3 is 20.7 Å². The maximum absolute atomic E-state index is 13.8. The molecule has 0 fully saturated rings. The smallest absolute Gasteiger partial charge is 0.220 e. The number of halogens is 2. The maximum atomic E-state index is 13.8. The number of aromatic nitrogens is 1. The fraction of sp³-hybridized carbons (Fsp3) is 0.290. The number of carbonyl (C=O) groups excluding carboxylic acids is 2. The summed E-state index contributed by atoms with van der Waals surface area (Å²) in [6, 6.07) is 17.8. The van der Waals surface area contributed by atoms with E-state index in [1.807, 2.05) is 42.5 Å². The SMILES string of the molecule is CCc1cccc(CNC[C@H](O)[C@H](Cc2cc(F)cc(F)c2)NC(=O)CCC(=O)c2c[nH]c3ccccc23)c1. The number of nitrogens with one attached hydrogen (secondary N) is 3. The Bertz CT molecular complexity index is 1420. The number of aliphatic hydroxyl groups excluding tert-OH is 1. The lowest BCUT2D eigenvalue weighted by atomic mass is 9.99. The number of rotatable bonds is 13. The number of hydrogen-bond acceptors (Lipinski definition) is 4. The summed E-state index contributed by atoms with van der Waals surface area (Å²) in [4.78, 5) is 28.7. The number of para-hydroxylation sites is 1. The number of carbonyl (C=O) groups is 2. The molecule has 0 aliphatic rings. The summed E-state index contributed by atoms with van der Waals surface area (Å²) in [5.41, 5.74) is 3.93. The molecule has 0 saturated heterocycles. The Labute approximate surface area is 226 Å². The van der Waals surface area contributed by atoms with E-state index in [1.165, 1.54) is 17.7 Å². The van der Waals surface area contributed by atoms with Gasteiger partial charge in [-0.3, -0.25) is 9.59 Å². The van der Waals surface area contributed by atoms with Crippen molar-refractivity contribution in [1.29, 1.82) is 0 Å². The monoisotopic (exact) mass is 533 g/mol. The number of benzene rings is 3. The van der Waals surface area contributed by atoms with Crippen LogP contribution in [0.5, 0.6) is 0 Å². The number of H-pyrrole nitrogens is 1. The van der Waals surface area contributed by atoms with E-state index in [0.717, 1.165) is 29.0 Å². The zero-order valence-corrected chi connectivity index (χ0v) is 21.8. The van der Waals surface area contributed by atoms with E-state index in [-0.39, 0.29) is 31.6 Å². The highest BCUT2D eigenvalue weighted by atomic mass is 19.1. The third kappa shape index (κ3) is 7.81. The fourth-order valence-electron chi connectivity index (χ4n) is 4.68. The van der Waals surface area contributed by atoms with E-state index in [1.54, 1.807) is 6.20 Å². The van der Waals surface area contributed by atoms with Gasteiger partial charge in [0.1, 0.15) is 11.6 Å². The molecule has 6 nitrogen and oxygen atoms in total. The van der Waals surface area contributed by atoms with E-state index >= 15 is 0 Å². The lowest BCUT2D eigenvalue weighted by Crippen LogP contribution is -2.48. The van der Waals surface area contributed by atoms with Gasteiger partial charge in [-0.2, -0.15) is 0 Å². The normalized spacial score (nSPS) is 12.8. The highest BCUT2D eigenvalue weighted by molar-refractivity contribution is 6.08. The van der Waals surface area contributed by atoms with Crippen molar-refractivity contribution < 1.29 is 23.5 Å². The number of aryl methyl sites for hydroxylation is 1. The Morgan fingerprint density at radius 1 is 0.923 bits per heavy atom. The molecular formula is C31H33F2N3O3. The van der Waals surface area contributed by atoms with Crippen LogP contribution in [-0.2, 0) is 24.2 Å². The van der Waals surface area contributed by atoms with Gasteiger partial charge in [0, 0.05) is 54.7 Å². The molecule has 4 rings (SSSR count). The van der Waals surface area contributed by atoms with Crippen molar-refractivity contribution in [3.63, 3.8) is 0 Å². The van der Waals surface area contributed by atoms with Crippen LogP contribution in [0.1, 0.15) is 46.8 Å². The van der Waals surface area contributed by atoms with Crippen molar-refractivity contribution in [3.05, 3.63) is 107 Å². The second-order valence-corrected chi connectivity index (χ2v) is 9.70. The Balaban J connectivity index is 1.38. The van der Waals surface area contributed by atoms with E-state index in [0.29, 0.717) is 17.7 Å². The number of aliphatic hydroxyl groups is 1. The Hall–Kier alpha value is -3.88. The molecule has 0 unspecified atom stereocenters. The van der Waals surface area contributed by atoms with Crippen LogP contribution in [0.2, 0.25) is 0 Å². The first-order valence-corrected chi connectivity index (χ1v) is 13.1. The van der Waals surface area contributed by atoms with Crippen molar-refractivity contribution in [3.8, 4) is 0 Å². The Morgan fingerprint density at radius 2 is 1.67 bits per heavy atom. The minimum atomic E-state index is -1.04. The molecule has 1 amide bonds. The van der Waals surface area contributed by atoms with Gasteiger partial charge in [0.05, 0.1) is 12.1 Å². The van der Waals surface area contributed by atoms with Crippen molar-refractivity contribution in [2.45, 2.75) is 51.3 Å². The van der Waals surface area contributed by atoms with Gasteiger partial charge in [0.25, 0.3) is 0 Å². The number of ketones is 1. The molecule has 8 heteroatoms. The molecule has 0 aliphatic carbocycles. The van der Waals surface area contributed by atoms with Gasteiger partial charge in [0.2, 0.25) is 5.91 Å². The fourth-order valence-corrected chi connectivity index (χ4v) is 4.68. The average molecular weight is 534 g/mol. The summed E-state index contributed by atoms with van der Waals surface area (Å²) < 4.78 is 27.6. The molecule has 4 N–H and O–H groups in total. The second-order valence-electron chi connectivity index (χ2n) is 9.70. The molecule has 4 aromatic rings. The van der Waals surface area contributed by atoms with Crippen LogP contribution < -0.4 is 10.6 Å². The summed E-state index contributed by atoms with van der Waals surface area (Å²) in [6.07, 6.45) is 1.42. The summed E-state index contributed by atoms with van der Waals surface area (Å²) in [7, 11) is 0. The zero-order valence-electron chi connectivity index (χ0n) is 21.8. The van der Waals surface area contributed by atoms with Crippen molar-refractivity contribution >= 4 is 22.6 Å². The molecule has 39 heavy (non-hydrogen) atoms. The van der Waals surface area contributed by atoms with E-state index < -0.39 is 29.7 Å². The first-order chi connectivity index (χ1) is 18.8. The number of Topliss-reactive ketones (excluding diaryl/α,β-unsaturated/α-hetero) is 1. The Morgan fingerprint density at radius 3 is 2.44 bits per heavy atom.